The van der Waals surface area contributed by atoms with Crippen molar-refractivity contribution in [3.63, 3.8) is 0 Å². The molecule has 2 N–H and O–H groups in total. The third-order valence-electron chi connectivity index (χ3n) is 2.74. The molecule has 1 atom stereocenters. The number of rotatable bonds is 8. The molecule has 1 rings (SSSR count). The lowest BCUT2D eigenvalue weighted by Gasteiger charge is -2.13. The minimum atomic E-state index is -3.61. The number of halogens is 1. The lowest BCUT2D eigenvalue weighted by molar-refractivity contribution is 0.161. The van der Waals surface area contributed by atoms with Crippen LogP contribution in [0.2, 0.25) is 5.02 Å². The smallest absolute Gasteiger partial charge is 0.242 e. The van der Waals surface area contributed by atoms with Crippen molar-refractivity contribution >= 4 is 21.6 Å². The third-order valence-corrected chi connectivity index (χ3v) is 4.64. The standard InChI is InChI=1S/C13H21ClN2O3S/c1-10(9-19-3)7-16-20(17,18)13-6-11(8-15-2)4-5-12(13)14/h4-6,10,15-16H,7-9H2,1-3H3. The van der Waals surface area contributed by atoms with Gasteiger partial charge in [-0.1, -0.05) is 24.6 Å². The van der Waals surface area contributed by atoms with Gasteiger partial charge in [-0.15, -0.1) is 0 Å². The van der Waals surface area contributed by atoms with Crippen LogP contribution in [0.15, 0.2) is 23.1 Å². The molecule has 0 saturated carbocycles. The van der Waals surface area contributed by atoms with Gasteiger partial charge in [0.05, 0.1) is 5.02 Å². The number of sulfonamides is 1. The van der Waals surface area contributed by atoms with Gasteiger partial charge >= 0.3 is 0 Å². The lowest BCUT2D eigenvalue weighted by Crippen LogP contribution is -2.30. The second kappa shape index (κ2) is 7.95. The number of methoxy groups -OCH3 is 1. The maximum atomic E-state index is 12.3. The first-order valence-electron chi connectivity index (χ1n) is 6.32. The Morgan fingerprint density at radius 1 is 1.40 bits per heavy atom. The summed E-state index contributed by atoms with van der Waals surface area (Å²) in [6, 6.07) is 4.98. The Morgan fingerprint density at radius 2 is 2.10 bits per heavy atom. The van der Waals surface area contributed by atoms with E-state index in [4.69, 9.17) is 16.3 Å². The zero-order chi connectivity index (χ0) is 15.2. The van der Waals surface area contributed by atoms with E-state index in [0.29, 0.717) is 19.7 Å². The summed E-state index contributed by atoms with van der Waals surface area (Å²) in [5, 5.41) is 3.19. The third kappa shape index (κ3) is 5.03. The van der Waals surface area contributed by atoms with E-state index < -0.39 is 10.0 Å². The highest BCUT2D eigenvalue weighted by Crippen LogP contribution is 2.22. The summed E-state index contributed by atoms with van der Waals surface area (Å²) in [5.41, 5.74) is 0.863. The molecule has 20 heavy (non-hydrogen) atoms. The molecule has 0 radical (unpaired) electrons. The summed E-state index contributed by atoms with van der Waals surface area (Å²) < 4.78 is 32.1. The molecule has 0 heterocycles. The maximum Gasteiger partial charge on any atom is 0.242 e. The molecule has 114 valence electrons. The molecule has 0 aliphatic carbocycles. The molecular formula is C13H21ClN2O3S. The highest BCUT2D eigenvalue weighted by Gasteiger charge is 2.19. The van der Waals surface area contributed by atoms with Gasteiger partial charge in [0.1, 0.15) is 4.90 Å². The van der Waals surface area contributed by atoms with Crippen molar-refractivity contribution in [1.82, 2.24) is 10.0 Å². The van der Waals surface area contributed by atoms with Crippen molar-refractivity contribution in [2.45, 2.75) is 18.4 Å². The largest absolute Gasteiger partial charge is 0.384 e. The molecule has 1 unspecified atom stereocenters. The molecule has 0 amide bonds. The van der Waals surface area contributed by atoms with Crippen molar-refractivity contribution in [1.29, 1.82) is 0 Å². The van der Waals surface area contributed by atoms with Crippen LogP contribution in [0.1, 0.15) is 12.5 Å². The molecule has 0 aliphatic heterocycles. The molecule has 1 aromatic rings. The summed E-state index contributed by atoms with van der Waals surface area (Å²) in [7, 11) is -0.225. The van der Waals surface area contributed by atoms with Crippen LogP contribution in [0, 0.1) is 5.92 Å². The second-order valence-electron chi connectivity index (χ2n) is 4.71. The quantitative estimate of drug-likeness (QED) is 0.764. The van der Waals surface area contributed by atoms with Crippen molar-refractivity contribution in [2.75, 3.05) is 27.3 Å². The van der Waals surface area contributed by atoms with Gasteiger partial charge in [0.25, 0.3) is 0 Å². The maximum absolute atomic E-state index is 12.3. The van der Waals surface area contributed by atoms with Crippen molar-refractivity contribution in [3.8, 4) is 0 Å². The summed E-state index contributed by atoms with van der Waals surface area (Å²) in [6.07, 6.45) is 0. The zero-order valence-electron chi connectivity index (χ0n) is 11.9. The minimum absolute atomic E-state index is 0.0917. The predicted octanol–water partition coefficient (Wildman–Crippen LogP) is 1.62. The average Bonchev–Trinajstić information content (AvgIpc) is 2.39. The highest BCUT2D eigenvalue weighted by atomic mass is 35.5. The summed E-state index contributed by atoms with van der Waals surface area (Å²) in [4.78, 5) is 0.108. The van der Waals surface area contributed by atoms with Crippen LogP contribution in [0.5, 0.6) is 0 Å². The second-order valence-corrected chi connectivity index (χ2v) is 6.85. The summed E-state index contributed by atoms with van der Waals surface area (Å²) >= 11 is 5.99. The summed E-state index contributed by atoms with van der Waals surface area (Å²) in [5.74, 6) is 0.0917. The van der Waals surface area contributed by atoms with Gasteiger partial charge in [0.15, 0.2) is 0 Å². The first-order chi connectivity index (χ1) is 9.40. The van der Waals surface area contributed by atoms with E-state index in [-0.39, 0.29) is 15.8 Å². The van der Waals surface area contributed by atoms with Crippen LogP contribution in [0.25, 0.3) is 0 Å². The van der Waals surface area contributed by atoms with Crippen molar-refractivity contribution in [2.24, 2.45) is 5.92 Å². The Hall–Kier alpha value is -0.660. The Labute approximate surface area is 125 Å². The number of benzene rings is 1. The Bertz CT molecular complexity index is 534. The zero-order valence-corrected chi connectivity index (χ0v) is 13.5. The molecule has 0 spiro atoms. The van der Waals surface area contributed by atoms with Crippen molar-refractivity contribution < 1.29 is 13.2 Å². The van der Waals surface area contributed by atoms with Gasteiger partial charge < -0.3 is 10.1 Å². The fourth-order valence-electron chi connectivity index (χ4n) is 1.74. The van der Waals surface area contributed by atoms with E-state index >= 15 is 0 Å². The monoisotopic (exact) mass is 320 g/mol. The Kier molecular flexibility index (Phi) is 6.91. The van der Waals surface area contributed by atoms with Crippen LogP contribution >= 0.6 is 11.6 Å². The normalized spacial score (nSPS) is 13.4. The molecule has 5 nitrogen and oxygen atoms in total. The first kappa shape index (κ1) is 17.4. The molecule has 0 aromatic heterocycles. The van der Waals surface area contributed by atoms with Crippen LogP contribution < -0.4 is 10.0 Å². The fraction of sp³-hybridized carbons (Fsp3) is 0.538. The van der Waals surface area contributed by atoms with Gasteiger partial charge in [0.2, 0.25) is 10.0 Å². The lowest BCUT2D eigenvalue weighted by atomic mass is 10.2. The van der Waals surface area contributed by atoms with E-state index in [1.54, 1.807) is 32.4 Å². The van der Waals surface area contributed by atoms with Crippen LogP contribution in [0.4, 0.5) is 0 Å². The topological polar surface area (TPSA) is 67.4 Å². The fourth-order valence-corrected chi connectivity index (χ4v) is 3.45. The predicted molar refractivity (Wildman–Crippen MR) is 80.4 cm³/mol. The van der Waals surface area contributed by atoms with Gasteiger partial charge in [-0.3, -0.25) is 0 Å². The van der Waals surface area contributed by atoms with Gasteiger partial charge in [0, 0.05) is 26.8 Å². The molecule has 0 aliphatic rings. The van der Waals surface area contributed by atoms with Crippen LogP contribution in [0.3, 0.4) is 0 Å². The van der Waals surface area contributed by atoms with Gasteiger partial charge in [-0.2, -0.15) is 0 Å². The highest BCUT2D eigenvalue weighted by molar-refractivity contribution is 7.89. The van der Waals surface area contributed by atoms with E-state index in [1.165, 1.54) is 0 Å². The number of hydrogen-bond acceptors (Lipinski definition) is 4. The Balaban J connectivity index is 2.88. The number of hydrogen-bond donors (Lipinski definition) is 2. The minimum Gasteiger partial charge on any atom is -0.384 e. The first-order valence-corrected chi connectivity index (χ1v) is 8.18. The van der Waals surface area contributed by atoms with E-state index in [9.17, 15) is 8.42 Å². The molecule has 0 fully saturated rings. The van der Waals surface area contributed by atoms with Crippen molar-refractivity contribution in [3.05, 3.63) is 28.8 Å². The Morgan fingerprint density at radius 3 is 2.70 bits per heavy atom. The molecule has 0 bridgehead atoms. The average molecular weight is 321 g/mol. The van der Waals surface area contributed by atoms with Gasteiger partial charge in [-0.05, 0) is 30.7 Å². The van der Waals surface area contributed by atoms with Crippen LogP contribution in [-0.4, -0.2) is 35.7 Å². The summed E-state index contributed by atoms with van der Waals surface area (Å²) in [6.45, 7) is 3.30. The molecule has 7 heteroatoms. The number of nitrogens with one attached hydrogen (secondary N) is 2. The van der Waals surface area contributed by atoms with Gasteiger partial charge in [-0.25, -0.2) is 13.1 Å². The van der Waals surface area contributed by atoms with E-state index in [1.807, 2.05) is 6.92 Å². The SMILES string of the molecule is CNCc1ccc(Cl)c(S(=O)(=O)NCC(C)COC)c1. The molecular weight excluding hydrogens is 300 g/mol. The molecule has 0 saturated heterocycles. The number of ether oxygens (including phenoxy) is 1. The van der Waals surface area contributed by atoms with E-state index in [0.717, 1.165) is 5.56 Å². The molecule has 1 aromatic carbocycles. The van der Waals surface area contributed by atoms with Crippen LogP contribution in [-0.2, 0) is 21.3 Å². The van der Waals surface area contributed by atoms with E-state index in [2.05, 4.69) is 10.0 Å².